The molecule has 2 unspecified atom stereocenters. The third-order valence-electron chi connectivity index (χ3n) is 3.69. The largest absolute Gasteiger partial charge is 0.382 e. The number of carbonyl (C=O) groups excluding carboxylic acids is 1. The van der Waals surface area contributed by atoms with Crippen LogP contribution in [0.3, 0.4) is 0 Å². The number of amides is 1. The number of anilines is 1. The van der Waals surface area contributed by atoms with Crippen molar-refractivity contribution in [2.45, 2.75) is 50.4 Å². The fourth-order valence-electron chi connectivity index (χ4n) is 2.74. The minimum Gasteiger partial charge on any atom is -0.382 e. The first kappa shape index (κ1) is 15.2. The molecule has 0 bridgehead atoms. The molecule has 2 rings (SSSR count). The van der Waals surface area contributed by atoms with Gasteiger partial charge in [-0.25, -0.2) is 0 Å². The number of hydrogen-bond donors (Lipinski definition) is 2. The number of hydrogen-bond acceptors (Lipinski definition) is 3. The van der Waals surface area contributed by atoms with Gasteiger partial charge in [-0.15, -0.1) is 0 Å². The fourth-order valence-corrected chi connectivity index (χ4v) is 3.67. The predicted octanol–water partition coefficient (Wildman–Crippen LogP) is 3.52. The minimum atomic E-state index is 0.0414. The number of benzene rings is 1. The topological polar surface area (TPSA) is 41.1 Å². The van der Waals surface area contributed by atoms with E-state index in [4.69, 9.17) is 0 Å². The molecule has 1 aromatic rings. The molecule has 0 heterocycles. The number of para-hydroxylation sites is 1. The van der Waals surface area contributed by atoms with Crippen molar-refractivity contribution in [1.29, 1.82) is 0 Å². The van der Waals surface area contributed by atoms with Gasteiger partial charge >= 0.3 is 0 Å². The van der Waals surface area contributed by atoms with Gasteiger partial charge in [-0.05, 0) is 45.1 Å². The van der Waals surface area contributed by atoms with E-state index in [-0.39, 0.29) is 5.91 Å². The molecule has 1 aromatic carbocycles. The van der Waals surface area contributed by atoms with Crippen LogP contribution in [-0.4, -0.2) is 29.5 Å². The Morgan fingerprint density at radius 3 is 2.75 bits per heavy atom. The third kappa shape index (κ3) is 3.69. The van der Waals surface area contributed by atoms with E-state index in [1.807, 2.05) is 36.0 Å². The maximum atomic E-state index is 12.5. The molecule has 0 aromatic heterocycles. The van der Waals surface area contributed by atoms with E-state index < -0.39 is 0 Å². The Bertz CT molecular complexity index is 462. The highest BCUT2D eigenvalue weighted by molar-refractivity contribution is 7.99. The Balaban J connectivity index is 2.09. The summed E-state index contributed by atoms with van der Waals surface area (Å²) in [6, 6.07) is 8.36. The highest BCUT2D eigenvalue weighted by atomic mass is 32.2. The van der Waals surface area contributed by atoms with Gasteiger partial charge in [0.25, 0.3) is 5.91 Å². The molecule has 4 heteroatoms. The van der Waals surface area contributed by atoms with E-state index in [0.717, 1.165) is 17.7 Å². The first-order chi connectivity index (χ1) is 9.61. The Morgan fingerprint density at radius 1 is 1.30 bits per heavy atom. The lowest BCUT2D eigenvalue weighted by Crippen LogP contribution is -2.39. The zero-order chi connectivity index (χ0) is 14.5. The number of thioether (sulfide) groups is 1. The van der Waals surface area contributed by atoms with Crippen LogP contribution in [0.25, 0.3) is 0 Å². The Labute approximate surface area is 125 Å². The lowest BCUT2D eigenvalue weighted by Gasteiger charge is -2.21. The molecule has 2 atom stereocenters. The predicted molar refractivity (Wildman–Crippen MR) is 87.6 cm³/mol. The average molecular weight is 292 g/mol. The molecule has 110 valence electrons. The van der Waals surface area contributed by atoms with Gasteiger partial charge in [0, 0.05) is 23.0 Å². The molecule has 1 aliphatic carbocycles. The van der Waals surface area contributed by atoms with Crippen LogP contribution in [0.4, 0.5) is 5.69 Å². The average Bonchev–Trinajstić information content (AvgIpc) is 2.85. The zero-order valence-electron chi connectivity index (χ0n) is 12.5. The molecule has 1 aliphatic rings. The van der Waals surface area contributed by atoms with Crippen molar-refractivity contribution < 1.29 is 4.79 Å². The van der Waals surface area contributed by atoms with Gasteiger partial charge in [-0.2, -0.15) is 11.8 Å². The molecule has 0 radical (unpaired) electrons. The van der Waals surface area contributed by atoms with Gasteiger partial charge in [0.15, 0.2) is 0 Å². The monoisotopic (exact) mass is 292 g/mol. The standard InChI is InChI=1S/C16H24N2OS/c1-11(2)17-13-8-5-4-7-12(13)16(19)18-14-9-6-10-15(14)20-3/h4-5,7-8,11,14-15,17H,6,9-10H2,1-3H3,(H,18,19). The molecule has 2 N–H and O–H groups in total. The highest BCUT2D eigenvalue weighted by Crippen LogP contribution is 2.29. The van der Waals surface area contributed by atoms with Gasteiger partial charge < -0.3 is 10.6 Å². The second-order valence-electron chi connectivity index (χ2n) is 5.63. The van der Waals surface area contributed by atoms with E-state index in [1.54, 1.807) is 0 Å². The first-order valence-corrected chi connectivity index (χ1v) is 8.60. The normalized spacial score (nSPS) is 22.0. The second kappa shape index (κ2) is 7.02. The van der Waals surface area contributed by atoms with Crippen molar-refractivity contribution in [2.75, 3.05) is 11.6 Å². The van der Waals surface area contributed by atoms with Crippen molar-refractivity contribution in [3.8, 4) is 0 Å². The summed E-state index contributed by atoms with van der Waals surface area (Å²) in [5, 5.41) is 7.11. The van der Waals surface area contributed by atoms with E-state index in [2.05, 4.69) is 30.7 Å². The van der Waals surface area contributed by atoms with Gasteiger partial charge in [0.2, 0.25) is 0 Å². The molecule has 0 aliphatic heterocycles. The van der Waals surface area contributed by atoms with Gasteiger partial charge in [0.05, 0.1) is 5.56 Å². The Kier molecular flexibility index (Phi) is 5.35. The number of rotatable bonds is 5. The van der Waals surface area contributed by atoms with Crippen LogP contribution in [0.1, 0.15) is 43.5 Å². The Morgan fingerprint density at radius 2 is 2.05 bits per heavy atom. The maximum absolute atomic E-state index is 12.5. The molecule has 3 nitrogen and oxygen atoms in total. The summed E-state index contributed by atoms with van der Waals surface area (Å²) < 4.78 is 0. The molecule has 0 spiro atoms. The van der Waals surface area contributed by atoms with Crippen molar-refractivity contribution >= 4 is 23.4 Å². The molecule has 20 heavy (non-hydrogen) atoms. The summed E-state index contributed by atoms with van der Waals surface area (Å²) >= 11 is 1.86. The van der Waals surface area contributed by atoms with Crippen molar-refractivity contribution in [3.05, 3.63) is 29.8 Å². The third-order valence-corrected chi connectivity index (χ3v) is 4.86. The van der Waals surface area contributed by atoms with Crippen molar-refractivity contribution in [3.63, 3.8) is 0 Å². The smallest absolute Gasteiger partial charge is 0.253 e. The van der Waals surface area contributed by atoms with E-state index in [1.165, 1.54) is 12.8 Å². The van der Waals surface area contributed by atoms with Gasteiger partial charge in [0.1, 0.15) is 0 Å². The van der Waals surface area contributed by atoms with Crippen LogP contribution in [0.5, 0.6) is 0 Å². The zero-order valence-corrected chi connectivity index (χ0v) is 13.3. The lowest BCUT2D eigenvalue weighted by atomic mass is 10.1. The maximum Gasteiger partial charge on any atom is 0.253 e. The molecular weight excluding hydrogens is 268 g/mol. The van der Waals surface area contributed by atoms with Crippen LogP contribution < -0.4 is 10.6 Å². The minimum absolute atomic E-state index is 0.0414. The van der Waals surface area contributed by atoms with Crippen LogP contribution in [0.2, 0.25) is 0 Å². The number of carbonyl (C=O) groups is 1. The molecule has 1 saturated carbocycles. The molecule has 1 fully saturated rings. The summed E-state index contributed by atoms with van der Waals surface area (Å²) in [6.45, 7) is 4.16. The summed E-state index contributed by atoms with van der Waals surface area (Å²) in [5.74, 6) is 0.0414. The summed E-state index contributed by atoms with van der Waals surface area (Å²) in [4.78, 5) is 12.5. The summed E-state index contributed by atoms with van der Waals surface area (Å²) in [5.41, 5.74) is 1.66. The van der Waals surface area contributed by atoms with Crippen molar-refractivity contribution in [1.82, 2.24) is 5.32 Å². The van der Waals surface area contributed by atoms with E-state index in [9.17, 15) is 4.79 Å². The fraction of sp³-hybridized carbons (Fsp3) is 0.562. The van der Waals surface area contributed by atoms with Gasteiger partial charge in [-0.1, -0.05) is 18.6 Å². The first-order valence-electron chi connectivity index (χ1n) is 7.31. The molecule has 1 amide bonds. The summed E-state index contributed by atoms with van der Waals surface area (Å²) in [6.07, 6.45) is 5.64. The van der Waals surface area contributed by atoms with Crippen LogP contribution in [-0.2, 0) is 0 Å². The van der Waals surface area contributed by atoms with Crippen LogP contribution >= 0.6 is 11.8 Å². The lowest BCUT2D eigenvalue weighted by molar-refractivity contribution is 0.0939. The van der Waals surface area contributed by atoms with Crippen LogP contribution in [0, 0.1) is 0 Å². The Hall–Kier alpha value is -1.16. The second-order valence-corrected chi connectivity index (χ2v) is 6.71. The van der Waals surface area contributed by atoms with Crippen LogP contribution in [0.15, 0.2) is 24.3 Å². The molecule has 0 saturated heterocycles. The SMILES string of the molecule is CSC1CCCC1NC(=O)c1ccccc1NC(C)C. The van der Waals surface area contributed by atoms with E-state index in [0.29, 0.717) is 17.3 Å². The quantitative estimate of drug-likeness (QED) is 0.872. The van der Waals surface area contributed by atoms with Crippen molar-refractivity contribution in [2.24, 2.45) is 0 Å². The highest BCUT2D eigenvalue weighted by Gasteiger charge is 2.28. The summed E-state index contributed by atoms with van der Waals surface area (Å²) in [7, 11) is 0. The molecular formula is C16H24N2OS. The van der Waals surface area contributed by atoms with Gasteiger partial charge in [-0.3, -0.25) is 4.79 Å². The van der Waals surface area contributed by atoms with E-state index >= 15 is 0 Å². The number of nitrogens with one attached hydrogen (secondary N) is 2.